The largest absolute Gasteiger partial charge is 0.492 e. The highest BCUT2D eigenvalue weighted by Crippen LogP contribution is 2.35. The van der Waals surface area contributed by atoms with E-state index in [1.165, 1.54) is 27.8 Å². The molecule has 0 bridgehead atoms. The summed E-state index contributed by atoms with van der Waals surface area (Å²) in [5, 5.41) is 0.587. The van der Waals surface area contributed by atoms with Crippen molar-refractivity contribution >= 4 is 42.6 Å². The van der Waals surface area contributed by atoms with Gasteiger partial charge in [-0.3, -0.25) is 14.6 Å². The van der Waals surface area contributed by atoms with E-state index in [1.54, 1.807) is 24.1 Å². The van der Waals surface area contributed by atoms with E-state index in [9.17, 15) is 13.2 Å². The zero-order chi connectivity index (χ0) is 29.5. The lowest BCUT2D eigenvalue weighted by Crippen LogP contribution is -2.39. The summed E-state index contributed by atoms with van der Waals surface area (Å²) in [5.41, 5.74) is 2.02. The number of thiazole rings is 1. The fourth-order valence-electron chi connectivity index (χ4n) is 4.89. The van der Waals surface area contributed by atoms with Gasteiger partial charge in [0.25, 0.3) is 5.91 Å². The number of morpholine rings is 1. The van der Waals surface area contributed by atoms with Crippen molar-refractivity contribution in [1.29, 1.82) is 0 Å². The average molecular weight is 609 g/mol. The van der Waals surface area contributed by atoms with E-state index < -0.39 is 10.0 Å². The summed E-state index contributed by atoms with van der Waals surface area (Å²) in [6.45, 7) is 7.20. The Hall–Kier alpha value is -3.35. The maximum absolute atomic E-state index is 13.9. The third-order valence-corrected chi connectivity index (χ3v) is 10.0. The van der Waals surface area contributed by atoms with E-state index in [0.717, 1.165) is 55.0 Å². The van der Waals surface area contributed by atoms with E-state index in [1.807, 2.05) is 55.5 Å². The molecule has 0 unspecified atom stereocenters. The van der Waals surface area contributed by atoms with E-state index >= 15 is 0 Å². The van der Waals surface area contributed by atoms with Crippen molar-refractivity contribution in [2.24, 2.45) is 0 Å². The summed E-state index contributed by atoms with van der Waals surface area (Å²) in [6, 6.07) is 21.4. The summed E-state index contributed by atoms with van der Waals surface area (Å²) in [4.78, 5) is 22.9. The van der Waals surface area contributed by atoms with Crippen molar-refractivity contribution in [3.8, 4) is 5.75 Å². The molecule has 0 radical (unpaired) electrons. The predicted molar refractivity (Wildman–Crippen MR) is 166 cm³/mol. The molecule has 1 aliphatic heterocycles. The highest BCUT2D eigenvalue weighted by Gasteiger charge is 2.25. The zero-order valence-electron chi connectivity index (χ0n) is 23.9. The minimum absolute atomic E-state index is 0.137. The maximum Gasteiger partial charge on any atom is 0.260 e. The third kappa shape index (κ3) is 6.99. The second-order valence-corrected chi connectivity index (χ2v) is 13.1. The molecule has 1 aliphatic rings. The standard InChI is InChI=1S/C31H36N4O5S2/c1-3-40-27-11-7-12-28-29(27)32-31(41-28)35(18-8-17-34-19-21-39-22-20-34)30(36)25-13-15-26(16-14-25)42(37,38)33(2)23-24-9-5-4-6-10-24/h4-7,9-16H,3,8,17-23H2,1-2H3. The van der Waals surface area contributed by atoms with Crippen LogP contribution in [0, 0.1) is 0 Å². The Kier molecular flexibility index (Phi) is 9.86. The van der Waals surface area contributed by atoms with Crippen LogP contribution in [0.1, 0.15) is 29.3 Å². The highest BCUT2D eigenvalue weighted by atomic mass is 32.2. The van der Waals surface area contributed by atoms with Crippen LogP contribution in [0.5, 0.6) is 5.75 Å². The minimum Gasteiger partial charge on any atom is -0.492 e. The second-order valence-electron chi connectivity index (χ2n) is 10.1. The number of rotatable bonds is 12. The average Bonchev–Trinajstić information content (AvgIpc) is 3.45. The van der Waals surface area contributed by atoms with Gasteiger partial charge in [-0.2, -0.15) is 4.31 Å². The van der Waals surface area contributed by atoms with Gasteiger partial charge in [-0.15, -0.1) is 0 Å². The molecule has 0 saturated carbocycles. The third-order valence-electron chi connectivity index (χ3n) is 7.16. The predicted octanol–water partition coefficient (Wildman–Crippen LogP) is 4.88. The molecule has 1 aromatic heterocycles. The number of hydrogen-bond donors (Lipinski definition) is 0. The number of fused-ring (bicyclic) bond motifs is 1. The van der Waals surface area contributed by atoms with Gasteiger partial charge in [-0.05, 0) is 55.3 Å². The van der Waals surface area contributed by atoms with Crippen molar-refractivity contribution in [1.82, 2.24) is 14.2 Å². The SMILES string of the molecule is CCOc1cccc2sc(N(CCCN3CCOCC3)C(=O)c3ccc(S(=O)(=O)N(C)Cc4ccccc4)cc3)nc12. The topological polar surface area (TPSA) is 92.3 Å². The molecule has 11 heteroatoms. The smallest absolute Gasteiger partial charge is 0.260 e. The molecular weight excluding hydrogens is 572 g/mol. The molecule has 5 rings (SSSR count). The van der Waals surface area contributed by atoms with Crippen molar-refractivity contribution in [2.75, 3.05) is 57.9 Å². The first-order valence-electron chi connectivity index (χ1n) is 14.1. The molecule has 0 N–H and O–H groups in total. The summed E-state index contributed by atoms with van der Waals surface area (Å²) >= 11 is 1.44. The number of amides is 1. The highest BCUT2D eigenvalue weighted by molar-refractivity contribution is 7.89. The molecule has 0 spiro atoms. The Morgan fingerprint density at radius 2 is 1.76 bits per heavy atom. The van der Waals surface area contributed by atoms with E-state index in [0.29, 0.717) is 29.6 Å². The van der Waals surface area contributed by atoms with Gasteiger partial charge in [0.05, 0.1) is 29.4 Å². The quantitative estimate of drug-likeness (QED) is 0.226. The van der Waals surface area contributed by atoms with Gasteiger partial charge in [0.2, 0.25) is 10.0 Å². The first-order valence-corrected chi connectivity index (χ1v) is 16.4. The lowest BCUT2D eigenvalue weighted by molar-refractivity contribution is 0.0376. The van der Waals surface area contributed by atoms with Crippen molar-refractivity contribution in [2.45, 2.75) is 24.8 Å². The van der Waals surface area contributed by atoms with Crippen LogP contribution in [0.15, 0.2) is 77.7 Å². The number of carbonyl (C=O) groups is 1. The number of ether oxygens (including phenoxy) is 2. The molecule has 2 heterocycles. The fraction of sp³-hybridized carbons (Fsp3) is 0.355. The number of benzene rings is 3. The maximum atomic E-state index is 13.9. The van der Waals surface area contributed by atoms with Crippen LogP contribution >= 0.6 is 11.3 Å². The number of nitrogens with zero attached hydrogens (tertiary/aromatic N) is 4. The van der Waals surface area contributed by atoms with Crippen LogP contribution in [-0.2, 0) is 21.3 Å². The van der Waals surface area contributed by atoms with E-state index in [2.05, 4.69) is 4.90 Å². The van der Waals surface area contributed by atoms with Crippen molar-refractivity contribution in [3.63, 3.8) is 0 Å². The molecule has 4 aromatic rings. The summed E-state index contributed by atoms with van der Waals surface area (Å²) < 4.78 is 40.0. The van der Waals surface area contributed by atoms with E-state index in [4.69, 9.17) is 14.5 Å². The number of aromatic nitrogens is 1. The Balaban J connectivity index is 1.37. The Labute approximate surface area is 251 Å². The van der Waals surface area contributed by atoms with Crippen LogP contribution in [-0.4, -0.2) is 81.6 Å². The molecule has 0 atom stereocenters. The number of carbonyl (C=O) groups excluding carboxylic acids is 1. The van der Waals surface area contributed by atoms with Crippen LogP contribution in [0.4, 0.5) is 5.13 Å². The van der Waals surface area contributed by atoms with Gasteiger partial charge in [-0.1, -0.05) is 47.7 Å². The molecule has 3 aromatic carbocycles. The van der Waals surface area contributed by atoms with Gasteiger partial charge in [-0.25, -0.2) is 13.4 Å². The number of para-hydroxylation sites is 1. The monoisotopic (exact) mass is 608 g/mol. The van der Waals surface area contributed by atoms with Crippen LogP contribution in [0.25, 0.3) is 10.2 Å². The fourth-order valence-corrected chi connectivity index (χ4v) is 7.06. The van der Waals surface area contributed by atoms with Crippen molar-refractivity contribution < 1.29 is 22.7 Å². The first kappa shape index (κ1) is 30.1. The lowest BCUT2D eigenvalue weighted by Gasteiger charge is -2.27. The Morgan fingerprint density at radius 1 is 1.02 bits per heavy atom. The van der Waals surface area contributed by atoms with Gasteiger partial charge in [0.1, 0.15) is 11.3 Å². The van der Waals surface area contributed by atoms with Gasteiger partial charge >= 0.3 is 0 Å². The first-order chi connectivity index (χ1) is 20.4. The molecule has 1 fully saturated rings. The normalized spacial score (nSPS) is 14.4. The molecular formula is C31H36N4O5S2. The van der Waals surface area contributed by atoms with Crippen molar-refractivity contribution in [3.05, 3.63) is 83.9 Å². The molecule has 222 valence electrons. The summed E-state index contributed by atoms with van der Waals surface area (Å²) in [6.07, 6.45) is 0.761. The minimum atomic E-state index is -3.74. The molecule has 0 aliphatic carbocycles. The zero-order valence-corrected chi connectivity index (χ0v) is 25.6. The van der Waals surface area contributed by atoms with Crippen LogP contribution in [0.2, 0.25) is 0 Å². The van der Waals surface area contributed by atoms with Gasteiger partial charge in [0.15, 0.2) is 5.13 Å². The lowest BCUT2D eigenvalue weighted by atomic mass is 10.2. The molecule has 1 amide bonds. The van der Waals surface area contributed by atoms with E-state index in [-0.39, 0.29) is 17.3 Å². The summed E-state index contributed by atoms with van der Waals surface area (Å²) in [7, 11) is -2.18. The number of sulfonamides is 1. The Morgan fingerprint density at radius 3 is 2.48 bits per heavy atom. The van der Waals surface area contributed by atoms with Crippen LogP contribution < -0.4 is 9.64 Å². The van der Waals surface area contributed by atoms with Crippen LogP contribution in [0.3, 0.4) is 0 Å². The Bertz CT molecular complexity index is 1590. The van der Waals surface area contributed by atoms with Gasteiger partial charge in [0, 0.05) is 45.3 Å². The molecule has 9 nitrogen and oxygen atoms in total. The number of anilines is 1. The van der Waals surface area contributed by atoms with Gasteiger partial charge < -0.3 is 9.47 Å². The molecule has 42 heavy (non-hydrogen) atoms. The summed E-state index contributed by atoms with van der Waals surface area (Å²) in [5.74, 6) is 0.461. The second kappa shape index (κ2) is 13.7. The number of hydrogen-bond acceptors (Lipinski definition) is 8. The molecule has 1 saturated heterocycles.